The lowest BCUT2D eigenvalue weighted by Gasteiger charge is -2.06. The van der Waals surface area contributed by atoms with E-state index >= 15 is 0 Å². The summed E-state index contributed by atoms with van der Waals surface area (Å²) in [6, 6.07) is 12.0. The Morgan fingerprint density at radius 3 is 2.86 bits per heavy atom. The van der Waals surface area contributed by atoms with Gasteiger partial charge in [-0.25, -0.2) is 4.98 Å². The van der Waals surface area contributed by atoms with Crippen molar-refractivity contribution >= 4 is 22.2 Å². The molecule has 3 aromatic heterocycles. The molecule has 1 amide bonds. The molecule has 1 aromatic carbocycles. The second-order valence-corrected chi connectivity index (χ2v) is 7.08. The van der Waals surface area contributed by atoms with Crippen LogP contribution in [0, 0.1) is 0 Å². The van der Waals surface area contributed by atoms with Gasteiger partial charge in [0.2, 0.25) is 0 Å². The SMILES string of the molecule is CCc1ccc(-c2cn3c(C(=O)NCCOc4cccnc4)csc3n2)cc1. The molecule has 142 valence electrons. The van der Waals surface area contributed by atoms with Gasteiger partial charge < -0.3 is 10.1 Å². The van der Waals surface area contributed by atoms with E-state index in [-0.39, 0.29) is 5.91 Å². The summed E-state index contributed by atoms with van der Waals surface area (Å²) < 4.78 is 7.39. The first-order valence-corrected chi connectivity index (χ1v) is 9.99. The fraction of sp³-hybridized carbons (Fsp3) is 0.190. The average molecular weight is 392 g/mol. The Balaban J connectivity index is 1.41. The van der Waals surface area contributed by atoms with E-state index in [1.165, 1.54) is 16.9 Å². The highest BCUT2D eigenvalue weighted by molar-refractivity contribution is 7.15. The van der Waals surface area contributed by atoms with Crippen LogP contribution in [0.15, 0.2) is 60.4 Å². The molecule has 4 rings (SSSR count). The Morgan fingerprint density at radius 1 is 1.25 bits per heavy atom. The molecule has 0 saturated carbocycles. The monoisotopic (exact) mass is 392 g/mol. The number of fused-ring (bicyclic) bond motifs is 1. The van der Waals surface area contributed by atoms with E-state index in [0.717, 1.165) is 22.6 Å². The number of hydrogen-bond donors (Lipinski definition) is 1. The van der Waals surface area contributed by atoms with E-state index in [1.807, 2.05) is 28.1 Å². The maximum atomic E-state index is 12.5. The van der Waals surface area contributed by atoms with Crippen LogP contribution in [0.5, 0.6) is 5.75 Å². The van der Waals surface area contributed by atoms with Crippen LogP contribution >= 0.6 is 11.3 Å². The van der Waals surface area contributed by atoms with Gasteiger partial charge in [0.05, 0.1) is 18.4 Å². The number of imidazole rings is 1. The minimum absolute atomic E-state index is 0.147. The van der Waals surface area contributed by atoms with Crippen molar-refractivity contribution < 1.29 is 9.53 Å². The van der Waals surface area contributed by atoms with Gasteiger partial charge in [0.1, 0.15) is 18.1 Å². The molecule has 0 aliphatic carbocycles. The molecule has 0 atom stereocenters. The largest absolute Gasteiger partial charge is 0.490 e. The predicted molar refractivity (Wildman–Crippen MR) is 110 cm³/mol. The zero-order valence-corrected chi connectivity index (χ0v) is 16.3. The van der Waals surface area contributed by atoms with Crippen LogP contribution in [0.3, 0.4) is 0 Å². The maximum absolute atomic E-state index is 12.5. The number of aryl methyl sites for hydroxylation is 1. The zero-order chi connectivity index (χ0) is 19.3. The number of ether oxygens (including phenoxy) is 1. The predicted octanol–water partition coefficient (Wildman–Crippen LogP) is 3.83. The van der Waals surface area contributed by atoms with Crippen LogP contribution < -0.4 is 10.1 Å². The average Bonchev–Trinajstić information content (AvgIpc) is 3.33. The Kier molecular flexibility index (Phi) is 5.34. The topological polar surface area (TPSA) is 68.5 Å². The summed E-state index contributed by atoms with van der Waals surface area (Å²) >= 11 is 1.45. The van der Waals surface area contributed by atoms with E-state index in [0.29, 0.717) is 24.6 Å². The summed E-state index contributed by atoms with van der Waals surface area (Å²) in [6.07, 6.45) is 6.25. The minimum atomic E-state index is -0.147. The lowest BCUT2D eigenvalue weighted by atomic mass is 10.1. The Bertz CT molecular complexity index is 1070. The number of pyridine rings is 1. The molecule has 0 radical (unpaired) electrons. The third kappa shape index (κ3) is 3.89. The van der Waals surface area contributed by atoms with Crippen molar-refractivity contribution in [3.8, 4) is 17.0 Å². The number of nitrogens with one attached hydrogen (secondary N) is 1. The van der Waals surface area contributed by atoms with Crippen molar-refractivity contribution in [2.75, 3.05) is 13.2 Å². The number of carbonyl (C=O) groups excluding carboxylic acids is 1. The van der Waals surface area contributed by atoms with E-state index in [4.69, 9.17) is 4.74 Å². The molecular formula is C21H20N4O2S. The van der Waals surface area contributed by atoms with E-state index < -0.39 is 0 Å². The normalized spacial score (nSPS) is 10.9. The highest BCUT2D eigenvalue weighted by atomic mass is 32.1. The Hall–Kier alpha value is -3.19. The first kappa shape index (κ1) is 18.2. The van der Waals surface area contributed by atoms with Crippen LogP contribution in [0.4, 0.5) is 0 Å². The van der Waals surface area contributed by atoms with Crippen molar-refractivity contribution in [3.63, 3.8) is 0 Å². The fourth-order valence-electron chi connectivity index (χ4n) is 2.85. The second-order valence-electron chi connectivity index (χ2n) is 6.24. The van der Waals surface area contributed by atoms with Gasteiger partial charge in [0.15, 0.2) is 4.96 Å². The van der Waals surface area contributed by atoms with E-state index in [9.17, 15) is 4.79 Å². The van der Waals surface area contributed by atoms with Crippen molar-refractivity contribution in [2.24, 2.45) is 0 Å². The molecule has 0 unspecified atom stereocenters. The standard InChI is InChI=1S/C21H20N4O2S/c1-2-15-5-7-16(8-6-15)18-13-25-19(14-28-21(25)24-18)20(26)23-10-11-27-17-4-3-9-22-12-17/h3-9,12-14H,2,10-11H2,1H3,(H,23,26). The van der Waals surface area contributed by atoms with Gasteiger partial charge in [-0.05, 0) is 24.1 Å². The zero-order valence-electron chi connectivity index (χ0n) is 15.5. The summed E-state index contributed by atoms with van der Waals surface area (Å²) in [6.45, 7) is 2.92. The maximum Gasteiger partial charge on any atom is 0.269 e. The number of hydrogen-bond acceptors (Lipinski definition) is 5. The molecule has 0 spiro atoms. The van der Waals surface area contributed by atoms with Crippen LogP contribution in [0.25, 0.3) is 16.2 Å². The number of nitrogens with zero attached hydrogens (tertiary/aromatic N) is 3. The van der Waals surface area contributed by atoms with Gasteiger partial charge in [0, 0.05) is 23.3 Å². The fourth-order valence-corrected chi connectivity index (χ4v) is 3.71. The smallest absolute Gasteiger partial charge is 0.269 e. The minimum Gasteiger partial charge on any atom is -0.490 e. The van der Waals surface area contributed by atoms with Crippen molar-refractivity contribution in [1.29, 1.82) is 0 Å². The first-order valence-electron chi connectivity index (χ1n) is 9.11. The summed E-state index contributed by atoms with van der Waals surface area (Å²) in [5.74, 6) is 0.536. The summed E-state index contributed by atoms with van der Waals surface area (Å²) in [4.78, 5) is 22.0. The molecule has 6 nitrogen and oxygen atoms in total. The highest BCUT2D eigenvalue weighted by Gasteiger charge is 2.15. The van der Waals surface area contributed by atoms with Crippen LogP contribution in [0.1, 0.15) is 23.0 Å². The molecule has 0 aliphatic heterocycles. The van der Waals surface area contributed by atoms with Gasteiger partial charge >= 0.3 is 0 Å². The quantitative estimate of drug-likeness (QED) is 0.486. The molecule has 4 aromatic rings. The van der Waals surface area contributed by atoms with Gasteiger partial charge in [-0.2, -0.15) is 0 Å². The summed E-state index contributed by atoms with van der Waals surface area (Å²) in [7, 11) is 0. The number of benzene rings is 1. The molecule has 1 N–H and O–H groups in total. The van der Waals surface area contributed by atoms with Crippen LogP contribution in [0.2, 0.25) is 0 Å². The first-order chi connectivity index (χ1) is 13.7. The molecule has 0 fully saturated rings. The number of amides is 1. The summed E-state index contributed by atoms with van der Waals surface area (Å²) in [5.41, 5.74) is 3.77. The number of rotatable bonds is 7. The second kappa shape index (κ2) is 8.22. The molecule has 0 aliphatic rings. The summed E-state index contributed by atoms with van der Waals surface area (Å²) in [5, 5.41) is 4.71. The van der Waals surface area contributed by atoms with Crippen molar-refractivity contribution in [3.05, 3.63) is 71.6 Å². The van der Waals surface area contributed by atoms with E-state index in [2.05, 4.69) is 46.5 Å². The number of aromatic nitrogens is 3. The lowest BCUT2D eigenvalue weighted by molar-refractivity contribution is 0.0941. The highest BCUT2D eigenvalue weighted by Crippen LogP contribution is 2.24. The molecular weight excluding hydrogens is 372 g/mol. The molecule has 0 bridgehead atoms. The third-order valence-electron chi connectivity index (χ3n) is 4.39. The van der Waals surface area contributed by atoms with Crippen LogP contribution in [-0.4, -0.2) is 33.4 Å². The van der Waals surface area contributed by atoms with Crippen LogP contribution in [-0.2, 0) is 6.42 Å². The number of thiazole rings is 1. The molecule has 7 heteroatoms. The lowest BCUT2D eigenvalue weighted by Crippen LogP contribution is -2.28. The van der Waals surface area contributed by atoms with Crippen molar-refractivity contribution in [1.82, 2.24) is 19.7 Å². The third-order valence-corrected chi connectivity index (χ3v) is 5.23. The Labute approximate surface area is 166 Å². The van der Waals surface area contributed by atoms with Gasteiger partial charge in [-0.15, -0.1) is 11.3 Å². The van der Waals surface area contributed by atoms with Gasteiger partial charge in [0.25, 0.3) is 5.91 Å². The van der Waals surface area contributed by atoms with Gasteiger partial charge in [-0.1, -0.05) is 31.2 Å². The van der Waals surface area contributed by atoms with E-state index in [1.54, 1.807) is 12.4 Å². The van der Waals surface area contributed by atoms with Crippen molar-refractivity contribution in [2.45, 2.75) is 13.3 Å². The van der Waals surface area contributed by atoms with Gasteiger partial charge in [-0.3, -0.25) is 14.2 Å². The molecule has 0 saturated heterocycles. The molecule has 28 heavy (non-hydrogen) atoms. The molecule has 3 heterocycles. The number of carbonyl (C=O) groups is 1. The Morgan fingerprint density at radius 2 is 2.11 bits per heavy atom.